The molecule has 6 nitrogen and oxygen atoms in total. The van der Waals surface area contributed by atoms with Crippen LogP contribution in [0.3, 0.4) is 0 Å². The Morgan fingerprint density at radius 2 is 2.11 bits per heavy atom. The summed E-state index contributed by atoms with van der Waals surface area (Å²) in [6.07, 6.45) is -4.25. The first kappa shape index (κ1) is 15.0. The Kier molecular flexibility index (Phi) is 4.54. The number of esters is 1. The average Bonchev–Trinajstić information content (AvgIpc) is 2.32. The van der Waals surface area contributed by atoms with Crippen LogP contribution < -0.4 is 16.2 Å². The van der Waals surface area contributed by atoms with Crippen LogP contribution in [0.2, 0.25) is 0 Å². The van der Waals surface area contributed by atoms with E-state index in [1.807, 2.05) is 0 Å². The summed E-state index contributed by atoms with van der Waals surface area (Å²) in [6.45, 7) is -0.106. The summed E-state index contributed by atoms with van der Waals surface area (Å²) >= 11 is 0. The minimum absolute atomic E-state index is 0.106. The molecule has 0 aliphatic carbocycles. The van der Waals surface area contributed by atoms with E-state index in [1.165, 1.54) is 6.20 Å². The van der Waals surface area contributed by atoms with Gasteiger partial charge < -0.3 is 20.9 Å². The fourth-order valence-electron chi connectivity index (χ4n) is 1.31. The molecular formula is C10H12F3N3O3. The Morgan fingerprint density at radius 1 is 1.47 bits per heavy atom. The minimum Gasteiger partial charge on any atom is -0.469 e. The van der Waals surface area contributed by atoms with Crippen molar-refractivity contribution in [1.29, 1.82) is 0 Å². The van der Waals surface area contributed by atoms with Gasteiger partial charge in [-0.05, 0) is 0 Å². The van der Waals surface area contributed by atoms with Crippen LogP contribution in [0.4, 0.5) is 18.9 Å². The predicted molar refractivity (Wildman–Crippen MR) is 58.9 cm³/mol. The third kappa shape index (κ3) is 3.98. The third-order valence-corrected chi connectivity index (χ3v) is 2.21. The summed E-state index contributed by atoms with van der Waals surface area (Å²) in [7, 11) is 1.10. The first-order chi connectivity index (χ1) is 8.78. The molecule has 106 valence electrons. The summed E-state index contributed by atoms with van der Waals surface area (Å²) in [6, 6.07) is 0. The SMILES string of the molecule is COC(=O)Cc1ncc(CN)c(N)c1OC(F)(F)F. The third-order valence-electron chi connectivity index (χ3n) is 2.21. The van der Waals surface area contributed by atoms with Crippen molar-refractivity contribution in [2.75, 3.05) is 12.8 Å². The second-order valence-corrected chi connectivity index (χ2v) is 3.48. The maximum absolute atomic E-state index is 12.3. The van der Waals surface area contributed by atoms with Crippen molar-refractivity contribution in [1.82, 2.24) is 4.98 Å². The van der Waals surface area contributed by atoms with E-state index < -0.39 is 24.5 Å². The molecule has 0 fully saturated rings. The number of alkyl halides is 3. The van der Waals surface area contributed by atoms with Gasteiger partial charge in [-0.1, -0.05) is 0 Å². The second-order valence-electron chi connectivity index (χ2n) is 3.48. The van der Waals surface area contributed by atoms with E-state index in [0.29, 0.717) is 0 Å². The highest BCUT2D eigenvalue weighted by atomic mass is 19.4. The van der Waals surface area contributed by atoms with E-state index in [-0.39, 0.29) is 23.5 Å². The molecule has 0 saturated heterocycles. The van der Waals surface area contributed by atoms with Gasteiger partial charge in [0.2, 0.25) is 0 Å². The summed E-state index contributed by atoms with van der Waals surface area (Å²) in [4.78, 5) is 14.8. The number of carbonyl (C=O) groups excluding carboxylic acids is 1. The minimum atomic E-state index is -4.95. The number of pyridine rings is 1. The molecule has 1 rings (SSSR count). The molecule has 0 aliphatic rings. The molecule has 0 spiro atoms. The number of hydrogen-bond donors (Lipinski definition) is 2. The number of methoxy groups -OCH3 is 1. The van der Waals surface area contributed by atoms with E-state index in [4.69, 9.17) is 11.5 Å². The fourth-order valence-corrected chi connectivity index (χ4v) is 1.31. The van der Waals surface area contributed by atoms with Gasteiger partial charge in [0.1, 0.15) is 0 Å². The van der Waals surface area contributed by atoms with Crippen molar-refractivity contribution in [2.45, 2.75) is 19.3 Å². The number of ether oxygens (including phenoxy) is 2. The van der Waals surface area contributed by atoms with Gasteiger partial charge >= 0.3 is 12.3 Å². The normalized spacial score (nSPS) is 11.2. The van der Waals surface area contributed by atoms with Gasteiger partial charge in [-0.15, -0.1) is 13.2 Å². The highest BCUT2D eigenvalue weighted by molar-refractivity contribution is 5.74. The number of nitrogen functional groups attached to an aromatic ring is 1. The van der Waals surface area contributed by atoms with Gasteiger partial charge in [0.05, 0.1) is 24.9 Å². The van der Waals surface area contributed by atoms with Crippen LogP contribution in [-0.4, -0.2) is 24.4 Å². The number of nitrogens with two attached hydrogens (primary N) is 2. The Balaban J connectivity index is 3.22. The number of hydrogen-bond acceptors (Lipinski definition) is 6. The maximum atomic E-state index is 12.3. The topological polar surface area (TPSA) is 100 Å². The Bertz CT molecular complexity index is 477. The standard InChI is InChI=1S/C10H12F3N3O3/c1-18-7(17)2-6-9(19-10(11,12)13)8(15)5(3-14)4-16-6/h4H,2-3,14H2,1H3,(H2,15,16). The van der Waals surface area contributed by atoms with Crippen LogP contribution >= 0.6 is 0 Å². The van der Waals surface area contributed by atoms with Crippen LogP contribution in [0.15, 0.2) is 6.20 Å². The van der Waals surface area contributed by atoms with Crippen LogP contribution in [-0.2, 0) is 22.5 Å². The molecular weight excluding hydrogens is 267 g/mol. The number of carbonyl (C=O) groups is 1. The molecule has 0 bridgehead atoms. The molecule has 1 heterocycles. The number of aromatic nitrogens is 1. The highest BCUT2D eigenvalue weighted by Gasteiger charge is 2.34. The van der Waals surface area contributed by atoms with Crippen molar-refractivity contribution in [3.05, 3.63) is 17.5 Å². The molecule has 0 amide bonds. The van der Waals surface area contributed by atoms with Gasteiger partial charge in [-0.25, -0.2) is 0 Å². The van der Waals surface area contributed by atoms with Crippen LogP contribution in [0.1, 0.15) is 11.3 Å². The van der Waals surface area contributed by atoms with Gasteiger partial charge in [0, 0.05) is 18.3 Å². The average molecular weight is 279 g/mol. The lowest BCUT2D eigenvalue weighted by Gasteiger charge is -2.16. The largest absolute Gasteiger partial charge is 0.573 e. The maximum Gasteiger partial charge on any atom is 0.573 e. The molecule has 0 saturated carbocycles. The van der Waals surface area contributed by atoms with Crippen molar-refractivity contribution in [3.8, 4) is 5.75 Å². The zero-order valence-corrected chi connectivity index (χ0v) is 9.95. The molecule has 4 N–H and O–H groups in total. The lowest BCUT2D eigenvalue weighted by molar-refractivity contribution is -0.274. The van der Waals surface area contributed by atoms with Gasteiger partial charge in [-0.3, -0.25) is 9.78 Å². The molecule has 0 unspecified atom stereocenters. The monoisotopic (exact) mass is 279 g/mol. The molecule has 0 aromatic carbocycles. The number of nitrogens with zero attached hydrogens (tertiary/aromatic N) is 1. The number of halogens is 3. The quantitative estimate of drug-likeness (QED) is 0.788. The lowest BCUT2D eigenvalue weighted by Crippen LogP contribution is -2.21. The van der Waals surface area contributed by atoms with E-state index in [1.54, 1.807) is 0 Å². The zero-order chi connectivity index (χ0) is 14.6. The molecule has 0 aliphatic heterocycles. The van der Waals surface area contributed by atoms with E-state index >= 15 is 0 Å². The number of rotatable bonds is 4. The molecule has 0 atom stereocenters. The molecule has 19 heavy (non-hydrogen) atoms. The van der Waals surface area contributed by atoms with Crippen LogP contribution in [0.5, 0.6) is 5.75 Å². The molecule has 0 radical (unpaired) electrons. The summed E-state index contributed by atoms with van der Waals surface area (Å²) < 4.78 is 45.1. The Morgan fingerprint density at radius 3 is 2.58 bits per heavy atom. The fraction of sp³-hybridized carbons (Fsp3) is 0.400. The zero-order valence-electron chi connectivity index (χ0n) is 9.95. The van der Waals surface area contributed by atoms with Crippen molar-refractivity contribution >= 4 is 11.7 Å². The Labute approximate surface area is 106 Å². The van der Waals surface area contributed by atoms with Gasteiger partial charge in [0.25, 0.3) is 0 Å². The lowest BCUT2D eigenvalue weighted by atomic mass is 10.1. The summed E-state index contributed by atoms with van der Waals surface area (Å²) in [5.74, 6) is -1.49. The second kappa shape index (κ2) is 5.74. The van der Waals surface area contributed by atoms with Crippen molar-refractivity contribution < 1.29 is 27.4 Å². The Hall–Kier alpha value is -2.03. The summed E-state index contributed by atoms with van der Waals surface area (Å²) in [5.41, 5.74) is 10.5. The highest BCUT2D eigenvalue weighted by Crippen LogP contribution is 2.33. The summed E-state index contributed by atoms with van der Waals surface area (Å²) in [5, 5.41) is 0. The molecule has 1 aromatic heterocycles. The first-order valence-electron chi connectivity index (χ1n) is 5.07. The van der Waals surface area contributed by atoms with Crippen LogP contribution in [0, 0.1) is 0 Å². The van der Waals surface area contributed by atoms with E-state index in [0.717, 1.165) is 7.11 Å². The van der Waals surface area contributed by atoms with Crippen LogP contribution in [0.25, 0.3) is 0 Å². The van der Waals surface area contributed by atoms with E-state index in [9.17, 15) is 18.0 Å². The number of anilines is 1. The van der Waals surface area contributed by atoms with Gasteiger partial charge in [-0.2, -0.15) is 0 Å². The molecule has 9 heteroatoms. The smallest absolute Gasteiger partial charge is 0.469 e. The van der Waals surface area contributed by atoms with Crippen molar-refractivity contribution in [2.24, 2.45) is 5.73 Å². The van der Waals surface area contributed by atoms with Gasteiger partial charge in [0.15, 0.2) is 5.75 Å². The predicted octanol–water partition coefficient (Wildman–Crippen LogP) is 0.737. The van der Waals surface area contributed by atoms with E-state index in [2.05, 4.69) is 14.5 Å². The molecule has 1 aromatic rings. The van der Waals surface area contributed by atoms with Crippen molar-refractivity contribution in [3.63, 3.8) is 0 Å². The first-order valence-corrected chi connectivity index (χ1v) is 5.07.